The van der Waals surface area contributed by atoms with E-state index in [4.69, 9.17) is 0 Å². The molecule has 0 spiro atoms. The zero-order valence-corrected chi connectivity index (χ0v) is 18.9. The van der Waals surface area contributed by atoms with Gasteiger partial charge in [-0.3, -0.25) is 19.6 Å². The molecule has 5 rings (SSSR count). The fourth-order valence-corrected chi connectivity index (χ4v) is 4.96. The van der Waals surface area contributed by atoms with Gasteiger partial charge in [0.1, 0.15) is 0 Å². The molecule has 0 aliphatic heterocycles. The van der Waals surface area contributed by atoms with Gasteiger partial charge in [-0.2, -0.15) is 0 Å². The summed E-state index contributed by atoms with van der Waals surface area (Å²) in [5.41, 5.74) is 1.49. The van der Waals surface area contributed by atoms with Crippen LogP contribution in [0.4, 0.5) is 11.4 Å². The van der Waals surface area contributed by atoms with Crippen LogP contribution >= 0.6 is 0 Å². The number of hydrogen-bond acceptors (Lipinski definition) is 5. The second-order valence-electron chi connectivity index (χ2n) is 7.69. The summed E-state index contributed by atoms with van der Waals surface area (Å²) in [7, 11) is -4.13. The summed E-state index contributed by atoms with van der Waals surface area (Å²) in [6.45, 7) is 0. The summed E-state index contributed by atoms with van der Waals surface area (Å²) >= 11 is 0. The number of rotatable bonds is 6. The number of non-ortho nitro benzene ring substituents is 1. The first-order valence-corrected chi connectivity index (χ1v) is 12.0. The predicted octanol–water partition coefficient (Wildman–Crippen LogP) is 4.49. The molecule has 0 atom stereocenters. The van der Waals surface area contributed by atoms with E-state index in [0.29, 0.717) is 16.6 Å². The normalized spacial score (nSPS) is 11.4. The molecular weight excluding hydrogens is 468 g/mol. The van der Waals surface area contributed by atoms with E-state index in [1.54, 1.807) is 16.8 Å². The summed E-state index contributed by atoms with van der Waals surface area (Å²) in [4.78, 5) is 23.6. The van der Waals surface area contributed by atoms with Crippen molar-refractivity contribution >= 4 is 32.3 Å². The Morgan fingerprint density at radius 3 is 2.00 bits per heavy atom. The van der Waals surface area contributed by atoms with Crippen LogP contribution in [0.15, 0.2) is 113 Å². The lowest BCUT2D eigenvalue weighted by molar-refractivity contribution is -0.385. The minimum Gasteiger partial charge on any atom is -0.280 e. The smallest absolute Gasteiger partial charge is 0.279 e. The molecule has 0 amide bonds. The highest BCUT2D eigenvalue weighted by molar-refractivity contribution is 7.92. The van der Waals surface area contributed by atoms with Crippen molar-refractivity contribution in [1.29, 1.82) is 0 Å². The van der Waals surface area contributed by atoms with Crippen LogP contribution in [0, 0.1) is 10.1 Å². The van der Waals surface area contributed by atoms with E-state index in [2.05, 4.69) is 4.72 Å². The van der Waals surface area contributed by atoms with Gasteiger partial charge in [-0.15, -0.1) is 0 Å². The Balaban J connectivity index is 1.65. The molecule has 5 aromatic rings. The molecule has 10 heteroatoms. The third-order valence-corrected chi connectivity index (χ3v) is 6.82. The van der Waals surface area contributed by atoms with Crippen LogP contribution in [0.2, 0.25) is 0 Å². The maximum Gasteiger partial charge on any atom is 0.279 e. The maximum absolute atomic E-state index is 13.5. The monoisotopic (exact) mass is 486 g/mol. The van der Waals surface area contributed by atoms with Crippen LogP contribution in [0.3, 0.4) is 0 Å². The molecule has 1 aromatic heterocycles. The molecule has 1 heterocycles. The van der Waals surface area contributed by atoms with E-state index in [0.717, 1.165) is 11.8 Å². The van der Waals surface area contributed by atoms with E-state index in [1.807, 2.05) is 60.7 Å². The van der Waals surface area contributed by atoms with E-state index < -0.39 is 14.9 Å². The van der Waals surface area contributed by atoms with Crippen molar-refractivity contribution in [3.8, 4) is 11.4 Å². The van der Waals surface area contributed by atoms with Crippen LogP contribution in [-0.4, -0.2) is 22.7 Å². The van der Waals surface area contributed by atoms with Gasteiger partial charge in [0.05, 0.1) is 32.1 Å². The van der Waals surface area contributed by atoms with Crippen molar-refractivity contribution in [3.63, 3.8) is 0 Å². The molecule has 174 valence electrons. The second-order valence-corrected chi connectivity index (χ2v) is 9.37. The van der Waals surface area contributed by atoms with Crippen molar-refractivity contribution in [1.82, 2.24) is 9.36 Å². The fourth-order valence-electron chi connectivity index (χ4n) is 3.87. The summed E-state index contributed by atoms with van der Waals surface area (Å²) in [5, 5.41) is 11.3. The van der Waals surface area contributed by atoms with Crippen molar-refractivity contribution in [2.24, 2.45) is 0 Å². The number of anilines is 1. The van der Waals surface area contributed by atoms with E-state index in [-0.39, 0.29) is 21.8 Å². The summed E-state index contributed by atoms with van der Waals surface area (Å²) in [6, 6.07) is 27.9. The van der Waals surface area contributed by atoms with E-state index >= 15 is 0 Å². The molecular formula is C25H18N4O5S. The van der Waals surface area contributed by atoms with Crippen LogP contribution in [0.5, 0.6) is 0 Å². The number of nitro groups is 1. The highest BCUT2D eigenvalue weighted by Crippen LogP contribution is 2.25. The number of nitrogens with zero attached hydrogens (tertiary/aromatic N) is 3. The van der Waals surface area contributed by atoms with Gasteiger partial charge >= 0.3 is 0 Å². The zero-order valence-electron chi connectivity index (χ0n) is 18.1. The lowest BCUT2D eigenvalue weighted by Crippen LogP contribution is -2.20. The summed E-state index contributed by atoms with van der Waals surface area (Å²) < 4.78 is 31.5. The van der Waals surface area contributed by atoms with Gasteiger partial charge in [0.25, 0.3) is 21.3 Å². The molecule has 4 aromatic carbocycles. The molecule has 0 bridgehead atoms. The van der Waals surface area contributed by atoms with Crippen LogP contribution < -0.4 is 10.3 Å². The van der Waals surface area contributed by atoms with Gasteiger partial charge in [0.2, 0.25) is 0 Å². The molecule has 0 saturated heterocycles. The van der Waals surface area contributed by atoms with Crippen LogP contribution in [-0.2, 0) is 10.0 Å². The van der Waals surface area contributed by atoms with E-state index in [9.17, 15) is 23.3 Å². The molecule has 35 heavy (non-hydrogen) atoms. The van der Waals surface area contributed by atoms with Gasteiger partial charge < -0.3 is 0 Å². The first-order chi connectivity index (χ1) is 16.8. The van der Waals surface area contributed by atoms with Gasteiger partial charge in [-0.05, 0) is 48.5 Å². The highest BCUT2D eigenvalue weighted by Gasteiger charge is 2.20. The van der Waals surface area contributed by atoms with Crippen LogP contribution in [0.1, 0.15) is 0 Å². The lowest BCUT2D eigenvalue weighted by atomic mass is 10.2. The van der Waals surface area contributed by atoms with Crippen molar-refractivity contribution in [2.75, 3.05) is 4.72 Å². The van der Waals surface area contributed by atoms with Crippen molar-refractivity contribution < 1.29 is 13.3 Å². The summed E-state index contributed by atoms with van der Waals surface area (Å²) in [6.07, 6.45) is 0. The third kappa shape index (κ3) is 4.06. The van der Waals surface area contributed by atoms with Gasteiger partial charge in [0.15, 0.2) is 0 Å². The predicted molar refractivity (Wildman–Crippen MR) is 133 cm³/mol. The van der Waals surface area contributed by atoms with Gasteiger partial charge in [0, 0.05) is 17.8 Å². The minimum atomic E-state index is -4.13. The number of fused-ring (bicyclic) bond motifs is 1. The number of para-hydroxylation sites is 2. The standard InChI is InChI=1S/C25H18N4O5S/c30-25-23-16-18(26-35(33,34)22-13-7-12-21(17-22)29(31)32)14-15-24(23)27(19-8-3-1-4-9-19)28(25)20-10-5-2-6-11-20/h1-17,26H. The molecule has 9 nitrogen and oxygen atoms in total. The van der Waals surface area contributed by atoms with Crippen molar-refractivity contribution in [2.45, 2.75) is 4.90 Å². The number of nitro benzene ring substituents is 1. The first-order valence-electron chi connectivity index (χ1n) is 10.5. The van der Waals surface area contributed by atoms with Gasteiger partial charge in [-0.1, -0.05) is 42.5 Å². The number of nitrogens with one attached hydrogen (secondary N) is 1. The number of benzene rings is 4. The average molecular weight is 487 g/mol. The molecule has 0 radical (unpaired) electrons. The molecule has 0 aliphatic rings. The topological polar surface area (TPSA) is 116 Å². The minimum absolute atomic E-state index is 0.159. The Labute approximate surface area is 199 Å². The maximum atomic E-state index is 13.5. The van der Waals surface area contributed by atoms with Gasteiger partial charge in [-0.25, -0.2) is 17.8 Å². The van der Waals surface area contributed by atoms with Crippen molar-refractivity contribution in [3.05, 3.63) is 124 Å². The number of aromatic nitrogens is 2. The third-order valence-electron chi connectivity index (χ3n) is 5.44. The SMILES string of the molecule is O=c1c2cc(NS(=O)(=O)c3cccc([N+](=O)[O-])c3)ccc2n(-c2ccccc2)n1-c1ccccc1. The van der Waals surface area contributed by atoms with Crippen LogP contribution in [0.25, 0.3) is 22.3 Å². The first kappa shape index (κ1) is 22.1. The quantitative estimate of drug-likeness (QED) is 0.280. The average Bonchev–Trinajstić information content (AvgIpc) is 3.16. The van der Waals surface area contributed by atoms with E-state index in [1.165, 1.54) is 28.9 Å². The highest BCUT2D eigenvalue weighted by atomic mass is 32.2. The Kier molecular flexibility index (Phi) is 5.42. The molecule has 0 unspecified atom stereocenters. The fraction of sp³-hybridized carbons (Fsp3) is 0. The summed E-state index contributed by atoms with van der Waals surface area (Å²) in [5.74, 6) is 0. The molecule has 0 aliphatic carbocycles. The number of hydrogen-bond donors (Lipinski definition) is 1. The molecule has 0 fully saturated rings. The zero-order chi connectivity index (χ0) is 24.6. The Bertz CT molecular complexity index is 1730. The lowest BCUT2D eigenvalue weighted by Gasteiger charge is -2.13. The Morgan fingerprint density at radius 1 is 0.743 bits per heavy atom. The molecule has 1 N–H and O–H groups in total. The Hall–Kier alpha value is -4.70. The Morgan fingerprint density at radius 2 is 1.37 bits per heavy atom. The largest absolute Gasteiger partial charge is 0.280 e. The number of sulfonamides is 1. The second kappa shape index (κ2) is 8.58. The molecule has 0 saturated carbocycles.